The van der Waals surface area contributed by atoms with Crippen LogP contribution in [-0.2, 0) is 4.84 Å². The monoisotopic (exact) mass is 234 g/mol. The largest absolute Gasteiger partial charge is 0.491 e. The predicted octanol–water partition coefficient (Wildman–Crippen LogP) is 1.93. The van der Waals surface area contributed by atoms with Gasteiger partial charge in [0.1, 0.15) is 11.9 Å². The molecule has 0 saturated heterocycles. The molecule has 92 valence electrons. The molecule has 0 aromatic heterocycles. The maximum Gasteiger partial charge on any atom is 0.145 e. The smallest absolute Gasteiger partial charge is 0.145 e. The van der Waals surface area contributed by atoms with E-state index in [-0.39, 0.29) is 12.2 Å². The molecule has 0 spiro atoms. The number of hydrogen-bond acceptors (Lipinski definition) is 4. The first-order valence-corrected chi connectivity index (χ1v) is 5.89. The van der Waals surface area contributed by atoms with Gasteiger partial charge in [-0.3, -0.25) is 0 Å². The lowest BCUT2D eigenvalue weighted by atomic mass is 10.0. The Morgan fingerprint density at radius 3 is 3.00 bits per heavy atom. The summed E-state index contributed by atoms with van der Waals surface area (Å²) < 4.78 is 5.65. The van der Waals surface area contributed by atoms with Crippen LogP contribution in [0, 0.1) is 0 Å². The topological polar surface area (TPSA) is 56.8 Å². The van der Waals surface area contributed by atoms with E-state index in [1.807, 2.05) is 38.1 Å². The summed E-state index contributed by atoms with van der Waals surface area (Å²) in [5, 5.41) is 4.06. The third kappa shape index (κ3) is 2.97. The maximum atomic E-state index is 5.65. The Hall–Kier alpha value is -1.55. The van der Waals surface area contributed by atoms with Gasteiger partial charge in [0, 0.05) is 18.5 Å². The normalized spacial score (nSPS) is 19.1. The molecule has 4 nitrogen and oxygen atoms in total. The number of nitrogens with zero attached hydrogens (tertiary/aromatic N) is 1. The van der Waals surface area contributed by atoms with Crippen molar-refractivity contribution in [2.45, 2.75) is 32.5 Å². The molecule has 4 heteroatoms. The molecule has 0 amide bonds. The van der Waals surface area contributed by atoms with Crippen molar-refractivity contribution in [3.8, 4) is 5.75 Å². The number of nitrogens with two attached hydrogens (primary N) is 1. The zero-order chi connectivity index (χ0) is 12.3. The molecule has 0 radical (unpaired) electrons. The van der Waals surface area contributed by atoms with Gasteiger partial charge in [0.05, 0.1) is 11.8 Å². The Balaban J connectivity index is 2.11. The van der Waals surface area contributed by atoms with Crippen LogP contribution in [0.1, 0.15) is 25.8 Å². The van der Waals surface area contributed by atoms with Gasteiger partial charge in [0.15, 0.2) is 0 Å². The van der Waals surface area contributed by atoms with Gasteiger partial charge in [-0.1, -0.05) is 17.3 Å². The van der Waals surface area contributed by atoms with Crippen LogP contribution in [0.3, 0.4) is 0 Å². The van der Waals surface area contributed by atoms with Crippen molar-refractivity contribution in [2.75, 3.05) is 6.54 Å². The van der Waals surface area contributed by atoms with Gasteiger partial charge < -0.3 is 15.3 Å². The number of rotatable bonds is 4. The predicted molar refractivity (Wildman–Crippen MR) is 67.3 cm³/mol. The Labute approximate surface area is 101 Å². The van der Waals surface area contributed by atoms with E-state index in [2.05, 4.69) is 5.16 Å². The third-order valence-electron chi connectivity index (χ3n) is 2.53. The molecule has 0 saturated carbocycles. The lowest BCUT2D eigenvalue weighted by Gasteiger charge is -2.10. The number of ether oxygens (including phenoxy) is 1. The summed E-state index contributed by atoms with van der Waals surface area (Å²) in [6.07, 6.45) is 0.949. The van der Waals surface area contributed by atoms with E-state index in [0.29, 0.717) is 6.54 Å². The molecule has 0 bridgehead atoms. The molecule has 1 heterocycles. The lowest BCUT2D eigenvalue weighted by Crippen LogP contribution is -2.20. The summed E-state index contributed by atoms with van der Waals surface area (Å²) in [6.45, 7) is 4.51. The quantitative estimate of drug-likeness (QED) is 0.866. The van der Waals surface area contributed by atoms with E-state index < -0.39 is 0 Å². The molecule has 1 unspecified atom stereocenters. The molecule has 1 atom stereocenters. The second-order valence-electron chi connectivity index (χ2n) is 4.40. The fourth-order valence-corrected chi connectivity index (χ4v) is 1.75. The van der Waals surface area contributed by atoms with Gasteiger partial charge in [-0.25, -0.2) is 0 Å². The molecule has 1 aliphatic heterocycles. The minimum absolute atomic E-state index is 0.0136. The number of benzene rings is 1. The van der Waals surface area contributed by atoms with Gasteiger partial charge in [-0.15, -0.1) is 0 Å². The molecular formula is C13H18N2O2. The van der Waals surface area contributed by atoms with Crippen molar-refractivity contribution in [1.82, 2.24) is 0 Å². The standard InChI is InChI=1S/C13H18N2O2/c1-9(2)16-11-5-3-4-10(6-11)13-7-12(8-14)17-15-13/h3-6,9,12H,7-8,14H2,1-2H3. The van der Waals surface area contributed by atoms with Gasteiger partial charge in [0.25, 0.3) is 0 Å². The van der Waals surface area contributed by atoms with Crippen LogP contribution in [0.25, 0.3) is 0 Å². The first-order valence-electron chi connectivity index (χ1n) is 5.89. The van der Waals surface area contributed by atoms with Crippen LogP contribution in [-0.4, -0.2) is 24.5 Å². The zero-order valence-corrected chi connectivity index (χ0v) is 10.2. The minimum atomic E-state index is 0.0136. The first kappa shape index (κ1) is 11.9. The van der Waals surface area contributed by atoms with Crippen LogP contribution < -0.4 is 10.5 Å². The highest BCUT2D eigenvalue weighted by Crippen LogP contribution is 2.20. The van der Waals surface area contributed by atoms with E-state index in [0.717, 1.165) is 23.4 Å². The van der Waals surface area contributed by atoms with Gasteiger partial charge in [0.2, 0.25) is 0 Å². The van der Waals surface area contributed by atoms with Crippen molar-refractivity contribution in [2.24, 2.45) is 10.9 Å². The Bertz CT molecular complexity index is 416. The summed E-state index contributed by atoms with van der Waals surface area (Å²) in [5.74, 6) is 0.858. The highest BCUT2D eigenvalue weighted by atomic mass is 16.6. The summed E-state index contributed by atoms with van der Waals surface area (Å²) >= 11 is 0. The summed E-state index contributed by atoms with van der Waals surface area (Å²) in [6, 6.07) is 7.90. The van der Waals surface area contributed by atoms with Crippen molar-refractivity contribution >= 4 is 5.71 Å². The molecule has 0 fully saturated rings. The zero-order valence-electron chi connectivity index (χ0n) is 10.2. The molecule has 1 aromatic rings. The average Bonchev–Trinajstić information content (AvgIpc) is 2.77. The number of oxime groups is 1. The van der Waals surface area contributed by atoms with E-state index in [9.17, 15) is 0 Å². The molecule has 1 aliphatic rings. The van der Waals surface area contributed by atoms with Crippen molar-refractivity contribution in [3.05, 3.63) is 29.8 Å². The van der Waals surface area contributed by atoms with E-state index >= 15 is 0 Å². The van der Waals surface area contributed by atoms with E-state index in [1.165, 1.54) is 0 Å². The molecule has 2 rings (SSSR count). The van der Waals surface area contributed by atoms with Gasteiger partial charge in [-0.2, -0.15) is 0 Å². The van der Waals surface area contributed by atoms with Crippen molar-refractivity contribution in [3.63, 3.8) is 0 Å². The summed E-state index contributed by atoms with van der Waals surface area (Å²) in [7, 11) is 0. The Morgan fingerprint density at radius 1 is 1.53 bits per heavy atom. The highest BCUT2D eigenvalue weighted by molar-refractivity contribution is 6.01. The van der Waals surface area contributed by atoms with E-state index in [4.69, 9.17) is 15.3 Å². The van der Waals surface area contributed by atoms with E-state index in [1.54, 1.807) is 0 Å². The fraction of sp³-hybridized carbons (Fsp3) is 0.462. The van der Waals surface area contributed by atoms with Gasteiger partial charge in [-0.05, 0) is 26.0 Å². The molecular weight excluding hydrogens is 216 g/mol. The van der Waals surface area contributed by atoms with Crippen LogP contribution in [0.5, 0.6) is 5.75 Å². The van der Waals surface area contributed by atoms with Crippen molar-refractivity contribution in [1.29, 1.82) is 0 Å². The first-order chi connectivity index (χ1) is 8.19. The Morgan fingerprint density at radius 2 is 2.35 bits per heavy atom. The minimum Gasteiger partial charge on any atom is -0.491 e. The Kier molecular flexibility index (Phi) is 3.64. The maximum absolute atomic E-state index is 5.65. The molecule has 0 aliphatic carbocycles. The fourth-order valence-electron chi connectivity index (χ4n) is 1.75. The van der Waals surface area contributed by atoms with Crippen molar-refractivity contribution < 1.29 is 9.57 Å². The molecule has 1 aromatic carbocycles. The second kappa shape index (κ2) is 5.19. The van der Waals surface area contributed by atoms with Crippen LogP contribution >= 0.6 is 0 Å². The van der Waals surface area contributed by atoms with Gasteiger partial charge >= 0.3 is 0 Å². The highest BCUT2D eigenvalue weighted by Gasteiger charge is 2.20. The number of hydrogen-bond donors (Lipinski definition) is 1. The van der Waals surface area contributed by atoms with Crippen LogP contribution in [0.4, 0.5) is 0 Å². The average molecular weight is 234 g/mol. The lowest BCUT2D eigenvalue weighted by molar-refractivity contribution is 0.0918. The molecule has 17 heavy (non-hydrogen) atoms. The summed E-state index contributed by atoms with van der Waals surface area (Å²) in [4.78, 5) is 5.21. The third-order valence-corrected chi connectivity index (χ3v) is 2.53. The van der Waals surface area contributed by atoms with Crippen LogP contribution in [0.15, 0.2) is 29.4 Å². The summed E-state index contributed by atoms with van der Waals surface area (Å²) in [5.41, 5.74) is 7.53. The SMILES string of the molecule is CC(C)Oc1cccc(C2=NOC(CN)C2)c1. The van der Waals surface area contributed by atoms with Crippen LogP contribution in [0.2, 0.25) is 0 Å². The second-order valence-corrected chi connectivity index (χ2v) is 4.40. The molecule has 2 N–H and O–H groups in total.